The third kappa shape index (κ3) is 3.01. The third-order valence-corrected chi connectivity index (χ3v) is 5.15. The van der Waals surface area contributed by atoms with Crippen molar-refractivity contribution >= 4 is 10.8 Å². The van der Waals surface area contributed by atoms with E-state index in [1.807, 2.05) is 35.0 Å². The smallest absolute Gasteiger partial charge is 0.274 e. The van der Waals surface area contributed by atoms with Gasteiger partial charge in [-0.25, -0.2) is 9.67 Å². The van der Waals surface area contributed by atoms with Crippen molar-refractivity contribution < 1.29 is 0 Å². The van der Waals surface area contributed by atoms with Crippen molar-refractivity contribution in [3.05, 3.63) is 65.0 Å². The number of imidazole rings is 1. The topological polar surface area (TPSA) is 82.6 Å². The number of aryl methyl sites for hydroxylation is 3. The zero-order valence-electron chi connectivity index (χ0n) is 15.5. The number of hydrogen-bond donors (Lipinski definition) is 1. The van der Waals surface area contributed by atoms with Crippen LogP contribution in [0.5, 0.6) is 0 Å². The molecular formula is C20H21N7O. The second kappa shape index (κ2) is 7.05. The lowest BCUT2D eigenvalue weighted by molar-refractivity contribution is 0.516. The molecule has 1 N–H and O–H groups in total. The van der Waals surface area contributed by atoms with Crippen LogP contribution in [-0.2, 0) is 26.2 Å². The van der Waals surface area contributed by atoms with Gasteiger partial charge in [-0.05, 0) is 25.1 Å². The van der Waals surface area contributed by atoms with E-state index in [0.717, 1.165) is 43.0 Å². The van der Waals surface area contributed by atoms with E-state index in [2.05, 4.69) is 26.1 Å². The van der Waals surface area contributed by atoms with Crippen molar-refractivity contribution in [2.45, 2.75) is 32.6 Å². The summed E-state index contributed by atoms with van der Waals surface area (Å²) in [5.74, 6) is 0.814. The Labute approximate surface area is 161 Å². The molecule has 0 saturated heterocycles. The summed E-state index contributed by atoms with van der Waals surface area (Å²) >= 11 is 0. The molecule has 0 aliphatic carbocycles. The van der Waals surface area contributed by atoms with Crippen molar-refractivity contribution in [1.82, 2.24) is 34.4 Å². The molecule has 0 fully saturated rings. The maximum Gasteiger partial charge on any atom is 0.274 e. The highest BCUT2D eigenvalue weighted by Crippen LogP contribution is 2.19. The molecule has 28 heavy (non-hydrogen) atoms. The van der Waals surface area contributed by atoms with E-state index in [4.69, 9.17) is 5.10 Å². The molecule has 0 spiro atoms. The Balaban J connectivity index is 1.40. The summed E-state index contributed by atoms with van der Waals surface area (Å²) in [4.78, 5) is 17.2. The first-order chi connectivity index (χ1) is 13.8. The van der Waals surface area contributed by atoms with Gasteiger partial charge in [0.25, 0.3) is 5.56 Å². The lowest BCUT2D eigenvalue weighted by Gasteiger charge is -2.08. The Bertz CT molecular complexity index is 1160. The summed E-state index contributed by atoms with van der Waals surface area (Å²) in [6, 6.07) is 9.62. The molecule has 0 atom stereocenters. The summed E-state index contributed by atoms with van der Waals surface area (Å²) in [7, 11) is 0. The lowest BCUT2D eigenvalue weighted by Crippen LogP contribution is -2.24. The van der Waals surface area contributed by atoms with Crippen molar-refractivity contribution in [2.75, 3.05) is 6.54 Å². The predicted octanol–water partition coefficient (Wildman–Crippen LogP) is 1.65. The van der Waals surface area contributed by atoms with Gasteiger partial charge in [0.2, 0.25) is 0 Å². The molecule has 142 valence electrons. The van der Waals surface area contributed by atoms with Crippen LogP contribution in [0.15, 0.2) is 53.7 Å². The first-order valence-corrected chi connectivity index (χ1v) is 9.53. The predicted molar refractivity (Wildman–Crippen MR) is 106 cm³/mol. The van der Waals surface area contributed by atoms with Gasteiger partial charge in [0.05, 0.1) is 23.8 Å². The number of nitrogens with zero attached hydrogens (tertiary/aromatic N) is 6. The molecule has 0 bridgehead atoms. The Morgan fingerprint density at radius 2 is 2.11 bits per heavy atom. The van der Waals surface area contributed by atoms with E-state index >= 15 is 0 Å². The second-order valence-corrected chi connectivity index (χ2v) is 6.98. The SMILES string of the molecule is O=c1c2ccccc2cnn1CCn1ccnc1-c1cc2n(n1)CCCNC2. The zero-order valence-corrected chi connectivity index (χ0v) is 15.5. The van der Waals surface area contributed by atoms with Crippen molar-refractivity contribution in [3.63, 3.8) is 0 Å². The van der Waals surface area contributed by atoms with Crippen LogP contribution in [0.25, 0.3) is 22.3 Å². The minimum Gasteiger partial charge on any atom is -0.328 e. The molecule has 5 rings (SSSR count). The molecule has 0 radical (unpaired) electrons. The first kappa shape index (κ1) is 16.9. The Morgan fingerprint density at radius 1 is 1.18 bits per heavy atom. The zero-order chi connectivity index (χ0) is 18.9. The third-order valence-electron chi connectivity index (χ3n) is 5.15. The highest BCUT2D eigenvalue weighted by atomic mass is 16.1. The summed E-state index contributed by atoms with van der Waals surface area (Å²) < 4.78 is 5.60. The van der Waals surface area contributed by atoms with Gasteiger partial charge >= 0.3 is 0 Å². The molecular weight excluding hydrogens is 354 g/mol. The van der Waals surface area contributed by atoms with Gasteiger partial charge in [0.1, 0.15) is 5.69 Å². The second-order valence-electron chi connectivity index (χ2n) is 6.98. The van der Waals surface area contributed by atoms with E-state index in [1.165, 1.54) is 10.4 Å². The van der Waals surface area contributed by atoms with Crippen molar-refractivity contribution in [2.24, 2.45) is 0 Å². The van der Waals surface area contributed by atoms with Gasteiger partial charge in [0.15, 0.2) is 5.82 Å². The van der Waals surface area contributed by atoms with Crippen LogP contribution in [0.1, 0.15) is 12.1 Å². The van der Waals surface area contributed by atoms with E-state index in [1.54, 1.807) is 12.4 Å². The molecule has 1 aliphatic heterocycles. The van der Waals surface area contributed by atoms with Crippen LogP contribution in [0, 0.1) is 0 Å². The van der Waals surface area contributed by atoms with Crippen LogP contribution >= 0.6 is 0 Å². The largest absolute Gasteiger partial charge is 0.328 e. The summed E-state index contributed by atoms with van der Waals surface area (Å²) in [5.41, 5.74) is 1.97. The van der Waals surface area contributed by atoms with Crippen LogP contribution in [0.2, 0.25) is 0 Å². The maximum atomic E-state index is 12.7. The molecule has 8 heteroatoms. The quantitative estimate of drug-likeness (QED) is 0.586. The fourth-order valence-corrected chi connectivity index (χ4v) is 3.68. The number of hydrogen-bond acceptors (Lipinski definition) is 5. The summed E-state index contributed by atoms with van der Waals surface area (Å²) in [5, 5.41) is 14.0. The fourth-order valence-electron chi connectivity index (χ4n) is 3.68. The Morgan fingerprint density at radius 3 is 3.07 bits per heavy atom. The van der Waals surface area contributed by atoms with E-state index < -0.39 is 0 Å². The molecule has 0 saturated carbocycles. The monoisotopic (exact) mass is 375 g/mol. The van der Waals surface area contributed by atoms with Gasteiger partial charge in [-0.2, -0.15) is 10.2 Å². The fraction of sp³-hybridized carbons (Fsp3) is 0.300. The standard InChI is InChI=1S/C20H21N7O/c28-20-17-5-2-1-4-15(17)13-23-27(20)11-10-25-9-7-22-19(25)18-12-16-14-21-6-3-8-26(16)24-18/h1-2,4-5,7,9,12-13,21H,3,6,8,10-11,14H2. The highest BCUT2D eigenvalue weighted by Gasteiger charge is 2.15. The van der Waals surface area contributed by atoms with Crippen LogP contribution in [0.4, 0.5) is 0 Å². The van der Waals surface area contributed by atoms with Crippen LogP contribution in [-0.4, -0.2) is 35.7 Å². The van der Waals surface area contributed by atoms with Gasteiger partial charge in [-0.3, -0.25) is 9.48 Å². The number of rotatable bonds is 4. The van der Waals surface area contributed by atoms with Gasteiger partial charge in [0, 0.05) is 37.4 Å². The average molecular weight is 375 g/mol. The molecule has 1 aliphatic rings. The van der Waals surface area contributed by atoms with Gasteiger partial charge < -0.3 is 9.88 Å². The molecule has 8 nitrogen and oxygen atoms in total. The van der Waals surface area contributed by atoms with Crippen molar-refractivity contribution in [1.29, 1.82) is 0 Å². The average Bonchev–Trinajstić information content (AvgIpc) is 3.29. The van der Waals surface area contributed by atoms with Crippen LogP contribution in [0.3, 0.4) is 0 Å². The number of nitrogens with one attached hydrogen (secondary N) is 1. The number of fused-ring (bicyclic) bond motifs is 2. The highest BCUT2D eigenvalue weighted by molar-refractivity contribution is 5.80. The Kier molecular flexibility index (Phi) is 4.25. The van der Waals surface area contributed by atoms with E-state index in [0.29, 0.717) is 18.5 Å². The number of aromatic nitrogens is 6. The molecule has 4 aromatic rings. The van der Waals surface area contributed by atoms with Crippen molar-refractivity contribution in [3.8, 4) is 11.5 Å². The first-order valence-electron chi connectivity index (χ1n) is 9.53. The van der Waals surface area contributed by atoms with E-state index in [-0.39, 0.29) is 5.56 Å². The Hall–Kier alpha value is -3.26. The molecule has 3 aromatic heterocycles. The lowest BCUT2D eigenvalue weighted by atomic mass is 10.2. The molecule has 0 unspecified atom stereocenters. The summed E-state index contributed by atoms with van der Waals surface area (Å²) in [6.07, 6.45) is 6.50. The van der Waals surface area contributed by atoms with Gasteiger partial charge in [-0.15, -0.1) is 0 Å². The summed E-state index contributed by atoms with van der Waals surface area (Å²) in [6.45, 7) is 3.83. The van der Waals surface area contributed by atoms with Crippen LogP contribution < -0.4 is 10.9 Å². The molecule has 1 aromatic carbocycles. The normalized spacial score (nSPS) is 14.1. The van der Waals surface area contributed by atoms with E-state index in [9.17, 15) is 4.79 Å². The van der Waals surface area contributed by atoms with Gasteiger partial charge in [-0.1, -0.05) is 18.2 Å². The minimum atomic E-state index is -0.0699. The molecule has 4 heterocycles. The molecule has 0 amide bonds. The number of benzene rings is 1. The minimum absolute atomic E-state index is 0.0699. The maximum absolute atomic E-state index is 12.7.